The number of carbonyl (C=O) groups excluding carboxylic acids is 2. The Morgan fingerprint density at radius 1 is 0.931 bits per heavy atom. The van der Waals surface area contributed by atoms with Gasteiger partial charge in [0.25, 0.3) is 11.8 Å². The van der Waals surface area contributed by atoms with E-state index in [1.807, 2.05) is 6.92 Å². The van der Waals surface area contributed by atoms with Crippen LogP contribution in [0.4, 0.5) is 5.69 Å². The summed E-state index contributed by atoms with van der Waals surface area (Å²) in [6.45, 7) is 3.56. The molecule has 0 fully saturated rings. The molecule has 0 radical (unpaired) electrons. The van der Waals surface area contributed by atoms with E-state index in [2.05, 4.69) is 16.0 Å². The van der Waals surface area contributed by atoms with Gasteiger partial charge in [-0.3, -0.25) is 14.9 Å². The van der Waals surface area contributed by atoms with Crippen molar-refractivity contribution in [3.05, 3.63) is 59.7 Å². The number of hydrogen-bond acceptors (Lipinski definition) is 5. The van der Waals surface area contributed by atoms with E-state index in [1.54, 1.807) is 55.6 Å². The van der Waals surface area contributed by atoms with Crippen LogP contribution in [0.15, 0.2) is 48.5 Å². The molecular formula is C21H25N3O4S. The van der Waals surface area contributed by atoms with Gasteiger partial charge in [0, 0.05) is 30.5 Å². The lowest BCUT2D eigenvalue weighted by Crippen LogP contribution is -2.34. The summed E-state index contributed by atoms with van der Waals surface area (Å²) in [6.07, 6.45) is 0.878. The molecular weight excluding hydrogens is 390 g/mol. The average Bonchev–Trinajstić information content (AvgIpc) is 2.73. The van der Waals surface area contributed by atoms with Gasteiger partial charge in [-0.15, -0.1) is 0 Å². The molecule has 154 valence electrons. The fourth-order valence-electron chi connectivity index (χ4n) is 2.33. The van der Waals surface area contributed by atoms with Crippen molar-refractivity contribution in [1.29, 1.82) is 0 Å². The van der Waals surface area contributed by atoms with Gasteiger partial charge in [-0.05, 0) is 67.2 Å². The summed E-state index contributed by atoms with van der Waals surface area (Å²) in [7, 11) is 1.60. The van der Waals surface area contributed by atoms with Crippen molar-refractivity contribution >= 4 is 34.8 Å². The first-order valence-electron chi connectivity index (χ1n) is 9.26. The summed E-state index contributed by atoms with van der Waals surface area (Å²) >= 11 is 5.19. The summed E-state index contributed by atoms with van der Waals surface area (Å²) in [4.78, 5) is 24.2. The molecule has 2 aromatic carbocycles. The molecule has 2 amide bonds. The maximum absolute atomic E-state index is 12.3. The van der Waals surface area contributed by atoms with Crippen LogP contribution < -0.4 is 20.7 Å². The summed E-state index contributed by atoms with van der Waals surface area (Å²) in [5, 5.41) is 8.53. The molecule has 2 aromatic rings. The van der Waals surface area contributed by atoms with Crippen LogP contribution in [-0.2, 0) is 4.74 Å². The standard InChI is InChI=1S/C21H25N3O4S/c1-3-12-22-19(25)15-4-8-17(9-5-15)23-21(29)24-20(26)16-6-10-18(11-7-16)28-14-13-27-2/h4-11H,3,12-14H2,1-2H3,(H,22,25)(H2,23,24,26,29). The van der Waals surface area contributed by atoms with Crippen LogP contribution in [0.2, 0.25) is 0 Å². The third-order valence-corrected chi connectivity index (χ3v) is 4.04. The molecule has 2 rings (SSSR count). The van der Waals surface area contributed by atoms with Crippen LogP contribution in [-0.4, -0.2) is 43.8 Å². The minimum atomic E-state index is -0.332. The molecule has 8 heteroatoms. The second-order valence-corrected chi connectivity index (χ2v) is 6.52. The fraction of sp³-hybridized carbons (Fsp3) is 0.286. The zero-order valence-electron chi connectivity index (χ0n) is 16.5. The quantitative estimate of drug-likeness (QED) is 0.431. The predicted octanol–water partition coefficient (Wildman–Crippen LogP) is 2.98. The maximum atomic E-state index is 12.3. The van der Waals surface area contributed by atoms with Gasteiger partial charge in [0.2, 0.25) is 0 Å². The first kappa shape index (κ1) is 22.3. The number of ether oxygens (including phenoxy) is 2. The number of rotatable bonds is 9. The Kier molecular flexibility index (Phi) is 9.07. The molecule has 29 heavy (non-hydrogen) atoms. The molecule has 0 saturated carbocycles. The van der Waals surface area contributed by atoms with Crippen molar-refractivity contribution in [2.45, 2.75) is 13.3 Å². The zero-order valence-corrected chi connectivity index (χ0v) is 17.3. The number of benzene rings is 2. The van der Waals surface area contributed by atoms with Crippen LogP contribution in [0.1, 0.15) is 34.1 Å². The van der Waals surface area contributed by atoms with Gasteiger partial charge in [-0.25, -0.2) is 0 Å². The Labute approximate surface area is 175 Å². The molecule has 0 atom stereocenters. The smallest absolute Gasteiger partial charge is 0.257 e. The number of carbonyl (C=O) groups is 2. The normalized spacial score (nSPS) is 10.1. The molecule has 0 aliphatic rings. The SMILES string of the molecule is CCCNC(=O)c1ccc(NC(=S)NC(=O)c2ccc(OCCOC)cc2)cc1. The third-order valence-electron chi connectivity index (χ3n) is 3.84. The monoisotopic (exact) mass is 415 g/mol. The van der Waals surface area contributed by atoms with Gasteiger partial charge in [0.05, 0.1) is 6.61 Å². The van der Waals surface area contributed by atoms with Crippen LogP contribution in [0.25, 0.3) is 0 Å². The number of anilines is 1. The highest BCUT2D eigenvalue weighted by atomic mass is 32.1. The second kappa shape index (κ2) is 11.8. The average molecular weight is 416 g/mol. The molecule has 3 N–H and O–H groups in total. The molecule has 0 aliphatic heterocycles. The number of thiocarbonyl (C=S) groups is 1. The van der Waals surface area contributed by atoms with Gasteiger partial charge in [-0.1, -0.05) is 6.92 Å². The summed E-state index contributed by atoms with van der Waals surface area (Å²) in [5.74, 6) is 0.202. The Morgan fingerprint density at radius 2 is 1.55 bits per heavy atom. The summed E-state index contributed by atoms with van der Waals surface area (Å²) < 4.78 is 10.4. The van der Waals surface area contributed by atoms with Crippen molar-refractivity contribution in [1.82, 2.24) is 10.6 Å². The van der Waals surface area contributed by atoms with E-state index in [4.69, 9.17) is 21.7 Å². The van der Waals surface area contributed by atoms with E-state index in [9.17, 15) is 9.59 Å². The van der Waals surface area contributed by atoms with E-state index >= 15 is 0 Å². The zero-order chi connectivity index (χ0) is 21.1. The van der Waals surface area contributed by atoms with E-state index in [1.165, 1.54) is 0 Å². The molecule has 0 aliphatic carbocycles. The van der Waals surface area contributed by atoms with Crippen LogP contribution in [0.3, 0.4) is 0 Å². The molecule has 7 nitrogen and oxygen atoms in total. The lowest BCUT2D eigenvalue weighted by molar-refractivity contribution is 0.0951. The fourth-order valence-corrected chi connectivity index (χ4v) is 2.54. The Balaban J connectivity index is 1.85. The van der Waals surface area contributed by atoms with Crippen molar-refractivity contribution in [3.63, 3.8) is 0 Å². The second-order valence-electron chi connectivity index (χ2n) is 6.11. The van der Waals surface area contributed by atoms with Crippen molar-refractivity contribution in [3.8, 4) is 5.75 Å². The molecule has 0 aromatic heterocycles. The van der Waals surface area contributed by atoms with E-state index in [0.29, 0.717) is 42.3 Å². The maximum Gasteiger partial charge on any atom is 0.257 e. The Hall–Kier alpha value is -2.97. The topological polar surface area (TPSA) is 88.7 Å². The van der Waals surface area contributed by atoms with E-state index in [-0.39, 0.29) is 16.9 Å². The Morgan fingerprint density at radius 3 is 2.17 bits per heavy atom. The number of methoxy groups -OCH3 is 1. The number of nitrogens with one attached hydrogen (secondary N) is 3. The van der Waals surface area contributed by atoms with Crippen LogP contribution in [0, 0.1) is 0 Å². The molecule has 0 unspecified atom stereocenters. The number of hydrogen-bond donors (Lipinski definition) is 3. The molecule has 0 heterocycles. The lowest BCUT2D eigenvalue weighted by atomic mass is 10.2. The van der Waals surface area contributed by atoms with E-state index in [0.717, 1.165) is 6.42 Å². The Bertz CT molecular complexity index is 823. The third kappa shape index (κ3) is 7.52. The van der Waals surface area contributed by atoms with Crippen molar-refractivity contribution in [2.24, 2.45) is 0 Å². The van der Waals surface area contributed by atoms with E-state index < -0.39 is 0 Å². The highest BCUT2D eigenvalue weighted by Crippen LogP contribution is 2.13. The van der Waals surface area contributed by atoms with Gasteiger partial charge in [0.15, 0.2) is 5.11 Å². The van der Waals surface area contributed by atoms with Gasteiger partial charge >= 0.3 is 0 Å². The van der Waals surface area contributed by atoms with Gasteiger partial charge in [0.1, 0.15) is 12.4 Å². The highest BCUT2D eigenvalue weighted by Gasteiger charge is 2.09. The summed E-state index contributed by atoms with van der Waals surface area (Å²) in [5.41, 5.74) is 1.69. The first-order chi connectivity index (χ1) is 14.0. The summed E-state index contributed by atoms with van der Waals surface area (Å²) in [6, 6.07) is 13.6. The minimum Gasteiger partial charge on any atom is -0.491 e. The van der Waals surface area contributed by atoms with Crippen LogP contribution in [0.5, 0.6) is 5.75 Å². The van der Waals surface area contributed by atoms with Crippen molar-refractivity contribution < 1.29 is 19.1 Å². The highest BCUT2D eigenvalue weighted by molar-refractivity contribution is 7.80. The molecule has 0 spiro atoms. The lowest BCUT2D eigenvalue weighted by Gasteiger charge is -2.11. The largest absolute Gasteiger partial charge is 0.491 e. The first-order valence-corrected chi connectivity index (χ1v) is 9.66. The predicted molar refractivity (Wildman–Crippen MR) is 117 cm³/mol. The number of amides is 2. The molecule has 0 saturated heterocycles. The minimum absolute atomic E-state index is 0.121. The molecule has 0 bridgehead atoms. The van der Waals surface area contributed by atoms with Gasteiger partial charge < -0.3 is 20.1 Å². The van der Waals surface area contributed by atoms with Crippen LogP contribution >= 0.6 is 12.2 Å². The van der Waals surface area contributed by atoms with Crippen molar-refractivity contribution in [2.75, 3.05) is 32.2 Å². The van der Waals surface area contributed by atoms with Gasteiger partial charge in [-0.2, -0.15) is 0 Å².